The van der Waals surface area contributed by atoms with Crippen molar-refractivity contribution in [2.24, 2.45) is 0 Å². The number of benzene rings is 3. The summed E-state index contributed by atoms with van der Waals surface area (Å²) in [6, 6.07) is 11.0. The van der Waals surface area contributed by atoms with Crippen molar-refractivity contribution in [3.05, 3.63) is 70.0 Å². The number of carbonyl (C=O) groups excluding carboxylic acids is 1. The molecule has 3 aromatic carbocycles. The first-order valence-electron chi connectivity index (χ1n) is 9.74. The Morgan fingerprint density at radius 2 is 1.77 bits per heavy atom. The maximum absolute atomic E-state index is 13.5. The Labute approximate surface area is 209 Å². The van der Waals surface area contributed by atoms with Crippen LogP contribution in [0, 0.1) is 6.92 Å². The van der Waals surface area contributed by atoms with E-state index in [-0.39, 0.29) is 32.0 Å². The highest BCUT2D eigenvalue weighted by Crippen LogP contribution is 2.41. The molecule has 0 fully saturated rings. The van der Waals surface area contributed by atoms with Gasteiger partial charge < -0.3 is 14.3 Å². The number of halogens is 2. The smallest absolute Gasteiger partial charge is 0.339 e. The fraction of sp³-hybridized carbons (Fsp3) is 0.0952. The fourth-order valence-corrected chi connectivity index (χ4v) is 6.85. The molecule has 0 aliphatic rings. The number of anilines is 1. The number of nitrogens with zero attached hydrogens (tertiary/aromatic N) is 3. The molecular weight excluding hydrogens is 540 g/mol. The second kappa shape index (κ2) is 9.34. The van der Waals surface area contributed by atoms with E-state index in [9.17, 15) is 27.6 Å². The SMILES string of the molecule is Cc1nc(-c2ccc3c(C=O)cc(N(CP(=O)(O)O)S(=O)(=O)c4cc(Cl)cc(Cl)c4)cc3c2)no1. The average Bonchev–Trinajstić information content (AvgIpc) is 3.21. The summed E-state index contributed by atoms with van der Waals surface area (Å²) in [6.45, 7) is 1.62. The predicted octanol–water partition coefficient (Wildman–Crippen LogP) is 4.65. The molecule has 0 amide bonds. The van der Waals surface area contributed by atoms with Gasteiger partial charge in [-0.25, -0.2) is 8.42 Å². The van der Waals surface area contributed by atoms with Gasteiger partial charge in [0.15, 0.2) is 6.29 Å². The number of hydrogen-bond acceptors (Lipinski definition) is 7. The van der Waals surface area contributed by atoms with Gasteiger partial charge in [0.1, 0.15) is 6.29 Å². The third-order valence-corrected chi connectivity index (χ3v) is 7.94. The summed E-state index contributed by atoms with van der Waals surface area (Å²) in [4.78, 5) is 34.9. The second-order valence-electron chi connectivity index (χ2n) is 7.49. The number of aldehydes is 1. The van der Waals surface area contributed by atoms with Crippen LogP contribution in [-0.2, 0) is 14.6 Å². The van der Waals surface area contributed by atoms with Crippen LogP contribution in [-0.4, -0.2) is 40.9 Å². The first-order chi connectivity index (χ1) is 16.4. The first kappa shape index (κ1) is 25.3. The zero-order valence-corrected chi connectivity index (χ0v) is 21.0. The molecule has 0 aliphatic heterocycles. The van der Waals surface area contributed by atoms with Crippen molar-refractivity contribution >= 4 is 63.6 Å². The van der Waals surface area contributed by atoms with Crippen LogP contribution in [0.2, 0.25) is 10.0 Å². The average molecular weight is 556 g/mol. The molecule has 0 radical (unpaired) electrons. The van der Waals surface area contributed by atoms with E-state index in [0.29, 0.717) is 32.8 Å². The van der Waals surface area contributed by atoms with E-state index in [1.807, 2.05) is 0 Å². The fourth-order valence-electron chi connectivity index (χ4n) is 3.45. The van der Waals surface area contributed by atoms with E-state index in [1.165, 1.54) is 18.2 Å². The lowest BCUT2D eigenvalue weighted by Crippen LogP contribution is -2.32. The Balaban J connectivity index is 1.94. The van der Waals surface area contributed by atoms with Crippen molar-refractivity contribution in [1.29, 1.82) is 0 Å². The van der Waals surface area contributed by atoms with Gasteiger partial charge in [-0.15, -0.1) is 0 Å². The number of fused-ring (bicyclic) bond motifs is 1. The molecule has 4 rings (SSSR count). The van der Waals surface area contributed by atoms with E-state index >= 15 is 0 Å². The van der Waals surface area contributed by atoms with Gasteiger partial charge in [-0.05, 0) is 47.2 Å². The minimum absolute atomic E-state index is 0.0133. The molecule has 0 saturated heterocycles. The Bertz CT molecular complexity index is 1600. The zero-order chi connectivity index (χ0) is 25.5. The lowest BCUT2D eigenvalue weighted by Gasteiger charge is -2.25. The van der Waals surface area contributed by atoms with Crippen molar-refractivity contribution in [2.75, 3.05) is 10.6 Å². The van der Waals surface area contributed by atoms with Gasteiger partial charge in [-0.1, -0.05) is 40.5 Å². The molecule has 0 saturated carbocycles. The number of carbonyl (C=O) groups is 1. The largest absolute Gasteiger partial charge is 0.345 e. The molecular formula is C21H16Cl2N3O7PS. The van der Waals surface area contributed by atoms with E-state index < -0.39 is 23.9 Å². The molecule has 10 nitrogen and oxygen atoms in total. The molecule has 1 heterocycles. The summed E-state index contributed by atoms with van der Waals surface area (Å²) >= 11 is 11.9. The Hall–Kier alpha value is -2.79. The highest BCUT2D eigenvalue weighted by molar-refractivity contribution is 7.93. The van der Waals surface area contributed by atoms with Crippen molar-refractivity contribution < 1.29 is 32.1 Å². The van der Waals surface area contributed by atoms with Gasteiger partial charge in [0.05, 0.1) is 10.6 Å². The predicted molar refractivity (Wildman–Crippen MR) is 130 cm³/mol. The second-order valence-corrected chi connectivity index (χ2v) is 11.8. The van der Waals surface area contributed by atoms with E-state index in [4.69, 9.17) is 27.7 Å². The molecule has 0 spiro atoms. The number of rotatable bonds is 7. The molecule has 2 N–H and O–H groups in total. The van der Waals surface area contributed by atoms with Gasteiger partial charge in [0, 0.05) is 28.1 Å². The van der Waals surface area contributed by atoms with Crippen LogP contribution in [0.4, 0.5) is 5.69 Å². The third kappa shape index (κ3) is 5.40. The van der Waals surface area contributed by atoms with Crippen molar-refractivity contribution in [2.45, 2.75) is 11.8 Å². The minimum atomic E-state index is -4.91. The van der Waals surface area contributed by atoms with Gasteiger partial charge in [-0.2, -0.15) is 4.98 Å². The van der Waals surface area contributed by atoms with Crippen LogP contribution in [0.1, 0.15) is 16.2 Å². The molecule has 0 aliphatic carbocycles. The molecule has 182 valence electrons. The standard InChI is InChI=1S/C21H16Cl2N3O7PS/c1-12-24-21(25-33-12)13-2-3-20-14(4-13)5-18(6-15(20)10-27)26(11-34(28,29)30)35(31,32)19-8-16(22)7-17(23)9-19/h2-10H,11H2,1H3,(H2,28,29,30). The molecule has 0 atom stereocenters. The number of aryl methyl sites for hydroxylation is 1. The van der Waals surface area contributed by atoms with Crippen molar-refractivity contribution in [1.82, 2.24) is 10.1 Å². The first-order valence-corrected chi connectivity index (χ1v) is 13.7. The molecule has 4 aromatic rings. The van der Waals surface area contributed by atoms with Crippen LogP contribution in [0.25, 0.3) is 22.2 Å². The lowest BCUT2D eigenvalue weighted by molar-refractivity contribution is 0.112. The maximum Gasteiger partial charge on any atom is 0.345 e. The van der Waals surface area contributed by atoms with Crippen molar-refractivity contribution in [3.63, 3.8) is 0 Å². The summed E-state index contributed by atoms with van der Waals surface area (Å²) in [5, 5.41) is 4.75. The van der Waals surface area contributed by atoms with Gasteiger partial charge in [0.2, 0.25) is 11.7 Å². The minimum Gasteiger partial charge on any atom is -0.339 e. The topological polar surface area (TPSA) is 151 Å². The van der Waals surface area contributed by atoms with Crippen LogP contribution in [0.5, 0.6) is 0 Å². The lowest BCUT2D eigenvalue weighted by atomic mass is 10.0. The highest BCUT2D eigenvalue weighted by Gasteiger charge is 2.32. The van der Waals surface area contributed by atoms with Crippen LogP contribution in [0.15, 0.2) is 57.9 Å². The molecule has 0 unspecified atom stereocenters. The van der Waals surface area contributed by atoms with Gasteiger partial charge in [-0.3, -0.25) is 13.7 Å². The summed E-state index contributed by atoms with van der Waals surface area (Å²) in [5.74, 6) is 0.609. The zero-order valence-electron chi connectivity index (χ0n) is 17.8. The molecule has 0 bridgehead atoms. The summed E-state index contributed by atoms with van der Waals surface area (Å²) < 4.78 is 44.4. The number of hydrogen-bond donors (Lipinski definition) is 2. The summed E-state index contributed by atoms with van der Waals surface area (Å²) in [6.07, 6.45) is -0.671. The Kier molecular flexibility index (Phi) is 6.76. The highest BCUT2D eigenvalue weighted by atomic mass is 35.5. The summed E-state index contributed by atoms with van der Waals surface area (Å²) in [5.41, 5.74) is 0.471. The van der Waals surface area contributed by atoms with E-state index in [0.717, 1.165) is 12.1 Å². The monoisotopic (exact) mass is 555 g/mol. The number of sulfonamides is 1. The molecule has 14 heteroatoms. The van der Waals surface area contributed by atoms with E-state index in [2.05, 4.69) is 10.1 Å². The van der Waals surface area contributed by atoms with Crippen molar-refractivity contribution in [3.8, 4) is 11.4 Å². The Morgan fingerprint density at radius 1 is 1.09 bits per heavy atom. The normalized spacial score (nSPS) is 12.1. The maximum atomic E-state index is 13.5. The molecule has 1 aromatic heterocycles. The quantitative estimate of drug-likeness (QED) is 0.245. The van der Waals surface area contributed by atoms with Crippen LogP contribution >= 0.6 is 30.8 Å². The van der Waals surface area contributed by atoms with Crippen LogP contribution in [0.3, 0.4) is 0 Å². The van der Waals surface area contributed by atoms with Crippen LogP contribution < -0.4 is 4.31 Å². The Morgan fingerprint density at radius 3 is 2.34 bits per heavy atom. The van der Waals surface area contributed by atoms with E-state index in [1.54, 1.807) is 25.1 Å². The third-order valence-electron chi connectivity index (χ3n) is 4.91. The van der Waals surface area contributed by atoms with Gasteiger partial charge in [0.25, 0.3) is 10.0 Å². The molecule has 35 heavy (non-hydrogen) atoms. The van der Waals surface area contributed by atoms with Gasteiger partial charge >= 0.3 is 7.60 Å². The summed E-state index contributed by atoms with van der Waals surface area (Å²) in [7, 11) is -9.47. The number of aromatic nitrogens is 2.